The molecule has 5 nitrogen and oxygen atoms in total. The first kappa shape index (κ1) is 14.7. The number of nitrogens with zero attached hydrogens (tertiary/aromatic N) is 2. The summed E-state index contributed by atoms with van der Waals surface area (Å²) in [6.45, 7) is 0. The minimum Gasteiger partial charge on any atom is -0.382 e. The van der Waals surface area contributed by atoms with E-state index in [1.54, 1.807) is 6.07 Å². The predicted molar refractivity (Wildman–Crippen MR) is 81.0 cm³/mol. The Labute approximate surface area is 122 Å². The smallest absolute Gasteiger partial charge is 0.289 e. The highest BCUT2D eigenvalue weighted by Crippen LogP contribution is 2.30. The minimum absolute atomic E-state index is 0.103. The molecule has 0 bridgehead atoms. The van der Waals surface area contributed by atoms with Crippen LogP contribution in [0.2, 0.25) is 0 Å². The molecule has 6 heteroatoms. The monoisotopic (exact) mass is 291 g/mol. The number of nitro groups is 1. The first-order chi connectivity index (χ1) is 9.63. The molecule has 2 rings (SSSR count). The molecule has 0 radical (unpaired) electrons. The van der Waals surface area contributed by atoms with E-state index in [0.717, 1.165) is 18.5 Å². The van der Waals surface area contributed by atoms with Gasteiger partial charge in [-0.3, -0.25) is 10.1 Å². The molecule has 0 amide bonds. The van der Waals surface area contributed by atoms with E-state index in [1.165, 1.54) is 25.0 Å². The van der Waals surface area contributed by atoms with Crippen LogP contribution in [0.3, 0.4) is 0 Å². The van der Waals surface area contributed by atoms with Gasteiger partial charge in [-0.2, -0.15) is 17.0 Å². The van der Waals surface area contributed by atoms with Crippen molar-refractivity contribution in [3.8, 4) is 6.07 Å². The van der Waals surface area contributed by atoms with Crippen molar-refractivity contribution in [1.29, 1.82) is 5.26 Å². The molecule has 0 heterocycles. The average Bonchev–Trinajstić information content (AvgIpc) is 2.47. The van der Waals surface area contributed by atoms with Crippen LogP contribution in [0.1, 0.15) is 31.2 Å². The van der Waals surface area contributed by atoms with Crippen LogP contribution in [-0.2, 0) is 0 Å². The summed E-state index contributed by atoms with van der Waals surface area (Å²) in [5, 5.41) is 23.8. The first-order valence-electron chi connectivity index (χ1n) is 6.62. The minimum atomic E-state index is -0.505. The molecule has 0 aromatic heterocycles. The number of thioether (sulfide) groups is 1. The van der Waals surface area contributed by atoms with Gasteiger partial charge in [-0.05, 0) is 37.7 Å². The van der Waals surface area contributed by atoms with Gasteiger partial charge in [0, 0.05) is 23.0 Å². The van der Waals surface area contributed by atoms with Gasteiger partial charge in [-0.1, -0.05) is 6.42 Å². The van der Waals surface area contributed by atoms with Crippen LogP contribution in [0.4, 0.5) is 11.4 Å². The second-order valence-corrected chi connectivity index (χ2v) is 6.10. The van der Waals surface area contributed by atoms with E-state index >= 15 is 0 Å². The molecule has 0 saturated heterocycles. The Morgan fingerprint density at radius 2 is 2.30 bits per heavy atom. The van der Waals surface area contributed by atoms with Gasteiger partial charge < -0.3 is 5.32 Å². The van der Waals surface area contributed by atoms with Crippen LogP contribution in [0.15, 0.2) is 18.2 Å². The fraction of sp³-hybridized carbons (Fsp3) is 0.500. The summed E-state index contributed by atoms with van der Waals surface area (Å²) < 4.78 is 0. The summed E-state index contributed by atoms with van der Waals surface area (Å²) in [5.74, 6) is 0. The Bertz CT molecular complexity index is 542. The van der Waals surface area contributed by atoms with Crippen LogP contribution >= 0.6 is 11.8 Å². The molecule has 1 aliphatic carbocycles. The van der Waals surface area contributed by atoms with E-state index in [9.17, 15) is 10.1 Å². The van der Waals surface area contributed by atoms with Crippen LogP contribution in [0, 0.1) is 21.4 Å². The number of hydrogen-bond acceptors (Lipinski definition) is 5. The summed E-state index contributed by atoms with van der Waals surface area (Å²) in [6.07, 6.45) is 6.72. The van der Waals surface area contributed by atoms with Crippen molar-refractivity contribution in [2.75, 3.05) is 11.6 Å². The van der Waals surface area contributed by atoms with E-state index < -0.39 is 4.92 Å². The zero-order valence-electron chi connectivity index (χ0n) is 11.3. The third kappa shape index (κ3) is 3.42. The van der Waals surface area contributed by atoms with E-state index in [2.05, 4.69) is 11.6 Å². The number of benzene rings is 1. The molecule has 1 aromatic rings. The van der Waals surface area contributed by atoms with Crippen molar-refractivity contribution in [2.24, 2.45) is 0 Å². The standard InChI is InChI=1S/C14H17N3O2S/c1-20-13-4-2-3-11(7-13)16-12-6-5-10(9-15)14(8-12)17(18)19/h5-6,8,11,13,16H,2-4,7H2,1H3. The van der Waals surface area contributed by atoms with Crippen LogP contribution < -0.4 is 5.32 Å². The molecule has 0 spiro atoms. The maximum atomic E-state index is 10.9. The van der Waals surface area contributed by atoms with Gasteiger partial charge in [-0.15, -0.1) is 0 Å². The summed E-state index contributed by atoms with van der Waals surface area (Å²) in [7, 11) is 0. The molecule has 2 atom stereocenters. The van der Waals surface area contributed by atoms with Gasteiger partial charge in [0.1, 0.15) is 11.6 Å². The number of hydrogen-bond donors (Lipinski definition) is 1. The lowest BCUT2D eigenvalue weighted by atomic mass is 9.94. The van der Waals surface area contributed by atoms with Gasteiger partial charge in [0.25, 0.3) is 5.69 Å². The Balaban J connectivity index is 2.12. The third-order valence-electron chi connectivity index (χ3n) is 3.65. The lowest BCUT2D eigenvalue weighted by Crippen LogP contribution is -2.28. The number of nitro benzene ring substituents is 1. The zero-order chi connectivity index (χ0) is 14.5. The fourth-order valence-electron chi connectivity index (χ4n) is 2.59. The lowest BCUT2D eigenvalue weighted by molar-refractivity contribution is -0.385. The molecule has 1 aliphatic rings. The number of rotatable bonds is 4. The van der Waals surface area contributed by atoms with Gasteiger partial charge in [0.15, 0.2) is 0 Å². The fourth-order valence-corrected chi connectivity index (χ4v) is 3.42. The molecular weight excluding hydrogens is 274 g/mol. The maximum Gasteiger partial charge on any atom is 0.289 e. The highest BCUT2D eigenvalue weighted by Gasteiger charge is 2.22. The van der Waals surface area contributed by atoms with E-state index in [1.807, 2.05) is 17.8 Å². The molecule has 0 aliphatic heterocycles. The second-order valence-electron chi connectivity index (χ2n) is 4.97. The van der Waals surface area contributed by atoms with Crippen molar-refractivity contribution in [3.63, 3.8) is 0 Å². The summed E-state index contributed by atoms with van der Waals surface area (Å²) in [4.78, 5) is 10.4. The Morgan fingerprint density at radius 1 is 1.50 bits per heavy atom. The first-order valence-corrected chi connectivity index (χ1v) is 7.90. The number of nitriles is 1. The highest BCUT2D eigenvalue weighted by molar-refractivity contribution is 7.99. The predicted octanol–water partition coefficient (Wildman–Crippen LogP) is 3.55. The topological polar surface area (TPSA) is 79.0 Å². The van der Waals surface area contributed by atoms with Crippen molar-refractivity contribution >= 4 is 23.1 Å². The van der Waals surface area contributed by atoms with E-state index in [0.29, 0.717) is 11.3 Å². The van der Waals surface area contributed by atoms with E-state index in [-0.39, 0.29) is 11.3 Å². The van der Waals surface area contributed by atoms with E-state index in [4.69, 9.17) is 5.26 Å². The Kier molecular flexibility index (Phi) is 4.85. The molecule has 20 heavy (non-hydrogen) atoms. The lowest BCUT2D eigenvalue weighted by Gasteiger charge is -2.29. The normalized spacial score (nSPS) is 22.0. The van der Waals surface area contributed by atoms with Crippen molar-refractivity contribution < 1.29 is 4.92 Å². The second kappa shape index (κ2) is 6.62. The molecule has 1 N–H and O–H groups in total. The molecule has 106 valence electrons. The highest BCUT2D eigenvalue weighted by atomic mass is 32.2. The van der Waals surface area contributed by atoms with Gasteiger partial charge in [0.2, 0.25) is 0 Å². The Morgan fingerprint density at radius 3 is 2.95 bits per heavy atom. The Hall–Kier alpha value is -1.74. The molecule has 1 fully saturated rings. The summed E-state index contributed by atoms with van der Waals surface area (Å²) in [6, 6.07) is 6.92. The van der Waals surface area contributed by atoms with Gasteiger partial charge >= 0.3 is 0 Å². The van der Waals surface area contributed by atoms with Crippen LogP contribution in [0.5, 0.6) is 0 Å². The SMILES string of the molecule is CSC1CCCC(Nc2ccc(C#N)c([N+](=O)[O-])c2)C1. The van der Waals surface area contributed by atoms with Gasteiger partial charge in [0.05, 0.1) is 4.92 Å². The third-order valence-corrected chi connectivity index (χ3v) is 4.74. The van der Waals surface area contributed by atoms with Gasteiger partial charge in [-0.25, -0.2) is 0 Å². The van der Waals surface area contributed by atoms with Crippen molar-refractivity contribution in [1.82, 2.24) is 0 Å². The molecule has 2 unspecified atom stereocenters. The number of anilines is 1. The molecule has 1 aromatic carbocycles. The zero-order valence-corrected chi connectivity index (χ0v) is 12.2. The largest absolute Gasteiger partial charge is 0.382 e. The van der Waals surface area contributed by atoms with Crippen molar-refractivity contribution in [3.05, 3.63) is 33.9 Å². The molecular formula is C14H17N3O2S. The average molecular weight is 291 g/mol. The van der Waals surface area contributed by atoms with Crippen molar-refractivity contribution in [2.45, 2.75) is 37.0 Å². The number of nitrogens with one attached hydrogen (secondary N) is 1. The van der Waals surface area contributed by atoms with Crippen LogP contribution in [0.25, 0.3) is 0 Å². The summed E-state index contributed by atoms with van der Waals surface area (Å²) >= 11 is 1.88. The maximum absolute atomic E-state index is 10.9. The van der Waals surface area contributed by atoms with Crippen LogP contribution in [-0.4, -0.2) is 22.5 Å². The molecule has 1 saturated carbocycles. The summed E-state index contributed by atoms with van der Waals surface area (Å²) in [5.41, 5.74) is 0.698. The quantitative estimate of drug-likeness (QED) is 0.678.